The van der Waals surface area contributed by atoms with Gasteiger partial charge in [-0.1, -0.05) is 83.1 Å². The molecule has 0 heterocycles. The second-order valence-corrected chi connectivity index (χ2v) is 18.3. The van der Waals surface area contributed by atoms with E-state index in [1.165, 1.54) is 0 Å². The second-order valence-electron chi connectivity index (χ2n) is 18.3. The highest BCUT2D eigenvalue weighted by molar-refractivity contribution is 5.93. The molecular weight excluding hydrogens is 554 g/mol. The van der Waals surface area contributed by atoms with E-state index in [1.54, 1.807) is 0 Å². The number of Topliss-reactive ketones (excluding diaryl/α,β-unsaturated/α-hetero) is 4. The maximum Gasteiger partial charge on any atom is 0.234 e. The van der Waals surface area contributed by atoms with Crippen LogP contribution in [0.4, 0.5) is 0 Å². The van der Waals surface area contributed by atoms with Crippen LogP contribution in [0.25, 0.3) is 0 Å². The Morgan fingerprint density at radius 1 is 0.477 bits per heavy atom. The molecule has 44 heavy (non-hydrogen) atoms. The van der Waals surface area contributed by atoms with Crippen molar-refractivity contribution in [3.8, 4) is 0 Å². The highest BCUT2D eigenvalue weighted by Gasteiger charge is 2.34. The molecular formula is C36H69N3O5. The predicted molar refractivity (Wildman–Crippen MR) is 183 cm³/mol. The van der Waals surface area contributed by atoms with Gasteiger partial charge in [-0.15, -0.1) is 0 Å². The van der Waals surface area contributed by atoms with Crippen LogP contribution in [0.5, 0.6) is 0 Å². The highest BCUT2D eigenvalue weighted by Crippen LogP contribution is 2.24. The number of rotatable bonds is 12. The van der Waals surface area contributed by atoms with E-state index in [1.807, 2.05) is 125 Å². The van der Waals surface area contributed by atoms with Crippen LogP contribution in [0.3, 0.4) is 0 Å². The van der Waals surface area contributed by atoms with E-state index in [0.717, 1.165) is 0 Å². The number of carbonyl (C=O) groups is 5. The van der Waals surface area contributed by atoms with Gasteiger partial charge in [0, 0.05) is 45.6 Å². The first-order valence-electron chi connectivity index (χ1n) is 16.2. The molecule has 0 aliphatic carbocycles. The molecule has 0 aromatic heterocycles. The fourth-order valence-corrected chi connectivity index (χ4v) is 4.00. The molecule has 8 heteroatoms. The normalized spacial score (nSPS) is 14.6. The van der Waals surface area contributed by atoms with Gasteiger partial charge in [0.15, 0.2) is 11.6 Å². The lowest BCUT2D eigenvalue weighted by molar-refractivity contribution is -0.133. The van der Waals surface area contributed by atoms with Crippen molar-refractivity contribution >= 4 is 29.0 Å². The van der Waals surface area contributed by atoms with Gasteiger partial charge in [0.05, 0.1) is 18.6 Å². The molecule has 1 amide bonds. The minimum Gasteiger partial charge on any atom is -0.345 e. The van der Waals surface area contributed by atoms with Gasteiger partial charge in [0.2, 0.25) is 5.91 Å². The lowest BCUT2D eigenvalue weighted by atomic mass is 9.81. The summed E-state index contributed by atoms with van der Waals surface area (Å²) in [5.41, 5.74) is -2.06. The zero-order valence-electron chi connectivity index (χ0n) is 31.7. The number of nitrogens with one attached hydrogen (secondary N) is 3. The maximum atomic E-state index is 12.6. The molecule has 0 fully saturated rings. The number of amides is 1. The fraction of sp³-hybridized carbons (Fsp3) is 0.861. The topological polar surface area (TPSA) is 121 Å². The largest absolute Gasteiger partial charge is 0.345 e. The standard InChI is InChI=1S/C19H36N2O3.C17H33NO2/c1-17(2,3)14(22)11-10-13(16(24)18(4,5)6)21-15(23)12-20-19(7,8)9;1-15(2,3)13(19)11-10-12(18-17(7,8)9)14(20)16(4,5)6/h13,20H,10-12H2,1-9H3,(H,21,23);12,18H,10-11H2,1-9H3. The molecule has 0 aromatic carbocycles. The molecule has 0 saturated carbocycles. The van der Waals surface area contributed by atoms with Gasteiger partial charge in [-0.2, -0.15) is 0 Å². The summed E-state index contributed by atoms with van der Waals surface area (Å²) in [6, 6.07) is -0.896. The molecule has 0 aromatic rings. The van der Waals surface area contributed by atoms with Crippen molar-refractivity contribution in [1.82, 2.24) is 16.0 Å². The van der Waals surface area contributed by atoms with Crippen LogP contribution >= 0.6 is 0 Å². The van der Waals surface area contributed by atoms with Gasteiger partial charge in [-0.25, -0.2) is 0 Å². The first-order valence-corrected chi connectivity index (χ1v) is 16.2. The second kappa shape index (κ2) is 16.6. The summed E-state index contributed by atoms with van der Waals surface area (Å²) in [5, 5.41) is 9.27. The minimum absolute atomic E-state index is 0.0479. The van der Waals surface area contributed by atoms with Crippen molar-refractivity contribution in [2.24, 2.45) is 21.7 Å². The fourth-order valence-electron chi connectivity index (χ4n) is 4.00. The third-order valence-electron chi connectivity index (χ3n) is 6.83. The Bertz CT molecular complexity index is 972. The molecule has 0 bridgehead atoms. The average molecular weight is 624 g/mol. The van der Waals surface area contributed by atoms with Crippen molar-refractivity contribution in [3.63, 3.8) is 0 Å². The summed E-state index contributed by atoms with van der Waals surface area (Å²) in [5.74, 6) is 0.203. The van der Waals surface area contributed by atoms with Crippen LogP contribution in [0.15, 0.2) is 0 Å². The Labute approximate surface area is 270 Å². The molecule has 0 aliphatic rings. The first-order chi connectivity index (χ1) is 19.2. The van der Waals surface area contributed by atoms with Crippen molar-refractivity contribution in [2.75, 3.05) is 6.54 Å². The summed E-state index contributed by atoms with van der Waals surface area (Å²) in [7, 11) is 0. The summed E-state index contributed by atoms with van der Waals surface area (Å²) >= 11 is 0. The first kappa shape index (κ1) is 44.2. The van der Waals surface area contributed by atoms with E-state index >= 15 is 0 Å². The summed E-state index contributed by atoms with van der Waals surface area (Å²) < 4.78 is 0. The van der Waals surface area contributed by atoms with E-state index < -0.39 is 22.3 Å². The van der Waals surface area contributed by atoms with E-state index in [2.05, 4.69) is 16.0 Å². The molecule has 0 saturated heterocycles. The highest BCUT2D eigenvalue weighted by atomic mass is 16.2. The SMILES string of the molecule is CC(C)(C)NC(CCC(=O)C(C)(C)C)C(=O)C(C)(C)C.CC(C)(C)NCC(=O)NC(CCC(=O)C(C)(C)C)C(=O)C(C)(C)C. The molecule has 0 aliphatic heterocycles. The summed E-state index contributed by atoms with van der Waals surface area (Å²) in [6.45, 7) is 34.8. The molecule has 0 rings (SSSR count). The third kappa shape index (κ3) is 20.2. The zero-order valence-corrected chi connectivity index (χ0v) is 31.7. The van der Waals surface area contributed by atoms with Crippen LogP contribution in [0, 0.1) is 21.7 Å². The van der Waals surface area contributed by atoms with Gasteiger partial charge in [-0.05, 0) is 54.4 Å². The van der Waals surface area contributed by atoms with Gasteiger partial charge in [0.1, 0.15) is 11.6 Å². The van der Waals surface area contributed by atoms with E-state index in [0.29, 0.717) is 19.3 Å². The Morgan fingerprint density at radius 2 is 0.818 bits per heavy atom. The van der Waals surface area contributed by atoms with Gasteiger partial charge < -0.3 is 16.0 Å². The van der Waals surface area contributed by atoms with E-state index in [-0.39, 0.29) is 64.5 Å². The predicted octanol–water partition coefficient (Wildman–Crippen LogP) is 6.62. The number of ketones is 4. The molecule has 0 spiro atoms. The molecule has 8 nitrogen and oxygen atoms in total. The van der Waals surface area contributed by atoms with Crippen molar-refractivity contribution in [3.05, 3.63) is 0 Å². The van der Waals surface area contributed by atoms with E-state index in [4.69, 9.17) is 0 Å². The van der Waals surface area contributed by atoms with Crippen molar-refractivity contribution in [2.45, 2.75) is 173 Å². The summed E-state index contributed by atoms with van der Waals surface area (Å²) in [6.07, 6.45) is 1.64. The van der Waals surface area contributed by atoms with Gasteiger partial charge in [0.25, 0.3) is 0 Å². The molecule has 258 valence electrons. The Balaban J connectivity index is 0. The zero-order chi connectivity index (χ0) is 35.7. The van der Waals surface area contributed by atoms with Crippen LogP contribution in [0.1, 0.15) is 150 Å². The average Bonchev–Trinajstić information content (AvgIpc) is 2.78. The Morgan fingerprint density at radius 3 is 1.11 bits per heavy atom. The minimum atomic E-state index is -0.634. The molecule has 0 radical (unpaired) electrons. The van der Waals surface area contributed by atoms with Crippen LogP contribution in [0.2, 0.25) is 0 Å². The van der Waals surface area contributed by atoms with Crippen molar-refractivity contribution in [1.29, 1.82) is 0 Å². The molecule has 3 N–H and O–H groups in total. The lowest BCUT2D eigenvalue weighted by Gasteiger charge is -2.32. The van der Waals surface area contributed by atoms with Crippen molar-refractivity contribution < 1.29 is 24.0 Å². The van der Waals surface area contributed by atoms with Crippen LogP contribution in [-0.4, -0.2) is 58.7 Å². The summed E-state index contributed by atoms with van der Waals surface area (Å²) in [4.78, 5) is 61.5. The monoisotopic (exact) mass is 624 g/mol. The number of carbonyl (C=O) groups excluding carboxylic acids is 5. The van der Waals surface area contributed by atoms with E-state index in [9.17, 15) is 24.0 Å². The third-order valence-corrected chi connectivity index (χ3v) is 6.83. The lowest BCUT2D eigenvalue weighted by Crippen LogP contribution is -2.51. The number of hydrogen-bond donors (Lipinski definition) is 3. The smallest absolute Gasteiger partial charge is 0.234 e. The maximum absolute atomic E-state index is 12.6. The van der Waals surface area contributed by atoms with Gasteiger partial charge in [-0.3, -0.25) is 24.0 Å². The molecule has 2 unspecified atom stereocenters. The van der Waals surface area contributed by atoms with Gasteiger partial charge >= 0.3 is 0 Å². The Hall–Kier alpha value is -1.93. The number of hydrogen-bond acceptors (Lipinski definition) is 7. The van der Waals surface area contributed by atoms with Crippen LogP contribution in [-0.2, 0) is 24.0 Å². The Kier molecular flexibility index (Phi) is 16.7. The van der Waals surface area contributed by atoms with Crippen LogP contribution < -0.4 is 16.0 Å². The molecule has 2 atom stereocenters. The quantitative estimate of drug-likeness (QED) is 0.223.